The van der Waals surface area contributed by atoms with Crippen molar-refractivity contribution < 1.29 is 0 Å². The van der Waals surface area contributed by atoms with Crippen molar-refractivity contribution in [2.24, 2.45) is 5.92 Å². The van der Waals surface area contributed by atoms with E-state index in [0.717, 1.165) is 13.0 Å². The average molecular weight is 231 g/mol. The molecule has 3 nitrogen and oxygen atoms in total. The number of nitriles is 1. The molecule has 1 saturated heterocycles. The fourth-order valence-corrected chi connectivity index (χ4v) is 2.63. The second-order valence-corrected chi connectivity index (χ2v) is 4.98. The molecule has 1 aliphatic heterocycles. The van der Waals surface area contributed by atoms with Crippen molar-refractivity contribution in [3.8, 4) is 6.07 Å². The highest BCUT2D eigenvalue weighted by Crippen LogP contribution is 2.28. The first-order valence-corrected chi connectivity index (χ1v) is 6.55. The van der Waals surface area contributed by atoms with Crippen LogP contribution in [0.2, 0.25) is 0 Å². The van der Waals surface area contributed by atoms with E-state index in [1.54, 1.807) is 0 Å². The minimum Gasteiger partial charge on any atom is -0.246 e. The molecule has 1 heterocycles. The first-order chi connectivity index (χ1) is 8.26. The minimum atomic E-state index is -0.0162. The maximum atomic E-state index is 9.31. The van der Waals surface area contributed by atoms with Crippen molar-refractivity contribution in [2.45, 2.75) is 45.2 Å². The van der Waals surface area contributed by atoms with E-state index in [9.17, 15) is 5.26 Å². The van der Waals surface area contributed by atoms with Gasteiger partial charge in [-0.05, 0) is 13.3 Å². The number of hydrazine groups is 1. The lowest BCUT2D eigenvalue weighted by atomic mass is 9.89. The number of nitrogens with one attached hydrogen (secondary N) is 1. The third kappa shape index (κ3) is 2.59. The quantitative estimate of drug-likeness (QED) is 0.755. The normalized spacial score (nSPS) is 32.1. The first-order valence-electron chi connectivity index (χ1n) is 6.55. The number of allylic oxidation sites excluding steroid dienone is 2. The van der Waals surface area contributed by atoms with E-state index < -0.39 is 0 Å². The fraction of sp³-hybridized carbons (Fsp3) is 0.643. The van der Waals surface area contributed by atoms with Crippen LogP contribution in [0.4, 0.5) is 0 Å². The van der Waals surface area contributed by atoms with E-state index in [1.165, 1.54) is 18.4 Å². The van der Waals surface area contributed by atoms with Gasteiger partial charge in [0.05, 0.1) is 6.07 Å². The molecule has 0 aromatic rings. The van der Waals surface area contributed by atoms with Crippen molar-refractivity contribution in [1.29, 1.82) is 5.26 Å². The Hall–Kier alpha value is -1.11. The fourth-order valence-electron chi connectivity index (χ4n) is 2.63. The van der Waals surface area contributed by atoms with Gasteiger partial charge >= 0.3 is 0 Å². The molecule has 0 saturated carbocycles. The van der Waals surface area contributed by atoms with E-state index in [2.05, 4.69) is 48.6 Å². The average Bonchev–Trinajstić information content (AvgIpc) is 2.66. The molecule has 92 valence electrons. The van der Waals surface area contributed by atoms with E-state index in [0.29, 0.717) is 12.0 Å². The Morgan fingerprint density at radius 2 is 2.29 bits per heavy atom. The van der Waals surface area contributed by atoms with Crippen LogP contribution in [-0.4, -0.2) is 23.6 Å². The highest BCUT2D eigenvalue weighted by molar-refractivity contribution is 5.30. The van der Waals surface area contributed by atoms with Gasteiger partial charge in [-0.15, -0.1) is 0 Å². The highest BCUT2D eigenvalue weighted by atomic mass is 15.6. The second kappa shape index (κ2) is 5.48. The summed E-state index contributed by atoms with van der Waals surface area (Å²) >= 11 is 0. The molecule has 3 heteroatoms. The maximum Gasteiger partial charge on any atom is 0.119 e. The Bertz CT molecular complexity index is 364. The van der Waals surface area contributed by atoms with Crippen LogP contribution in [0.1, 0.15) is 33.1 Å². The molecule has 0 spiro atoms. The second-order valence-electron chi connectivity index (χ2n) is 4.98. The van der Waals surface area contributed by atoms with Gasteiger partial charge in [0, 0.05) is 18.5 Å². The van der Waals surface area contributed by atoms with Crippen LogP contribution >= 0.6 is 0 Å². The van der Waals surface area contributed by atoms with Crippen LogP contribution in [0.5, 0.6) is 0 Å². The van der Waals surface area contributed by atoms with Gasteiger partial charge in [0.2, 0.25) is 0 Å². The lowest BCUT2D eigenvalue weighted by Crippen LogP contribution is -2.39. The summed E-state index contributed by atoms with van der Waals surface area (Å²) in [5.74, 6) is 0.310. The molecule has 0 radical (unpaired) electrons. The first kappa shape index (κ1) is 12.3. The summed E-state index contributed by atoms with van der Waals surface area (Å²) in [5, 5.41) is 11.4. The summed E-state index contributed by atoms with van der Waals surface area (Å²) in [6.45, 7) is 5.28. The van der Waals surface area contributed by atoms with Crippen molar-refractivity contribution in [2.75, 3.05) is 6.54 Å². The molecule has 1 aliphatic carbocycles. The molecule has 0 aromatic carbocycles. The molecule has 0 amide bonds. The third-order valence-electron chi connectivity index (χ3n) is 3.59. The van der Waals surface area contributed by atoms with E-state index >= 15 is 0 Å². The topological polar surface area (TPSA) is 39.1 Å². The smallest absolute Gasteiger partial charge is 0.119 e. The molecule has 3 atom stereocenters. The van der Waals surface area contributed by atoms with Gasteiger partial charge < -0.3 is 0 Å². The van der Waals surface area contributed by atoms with Gasteiger partial charge in [0.25, 0.3) is 0 Å². The lowest BCUT2D eigenvalue weighted by molar-refractivity contribution is 0.203. The summed E-state index contributed by atoms with van der Waals surface area (Å²) in [6, 6.07) is 2.73. The number of unbranched alkanes of at least 4 members (excludes halogenated alkanes) is 2. The number of nitrogens with zero attached hydrogens (tertiary/aromatic N) is 2. The largest absolute Gasteiger partial charge is 0.246 e. The van der Waals surface area contributed by atoms with E-state index in [4.69, 9.17) is 0 Å². The molecule has 1 N–H and O–H groups in total. The van der Waals surface area contributed by atoms with Crippen LogP contribution in [0.15, 0.2) is 23.8 Å². The Morgan fingerprint density at radius 1 is 1.47 bits per heavy atom. The molecule has 0 aromatic heterocycles. The van der Waals surface area contributed by atoms with Crippen molar-refractivity contribution in [3.05, 3.63) is 23.8 Å². The number of rotatable bonds is 4. The van der Waals surface area contributed by atoms with Gasteiger partial charge in [0.1, 0.15) is 6.04 Å². The van der Waals surface area contributed by atoms with Gasteiger partial charge in [0.15, 0.2) is 0 Å². The Kier molecular flexibility index (Phi) is 3.98. The van der Waals surface area contributed by atoms with Crippen LogP contribution in [-0.2, 0) is 0 Å². The molecular weight excluding hydrogens is 210 g/mol. The van der Waals surface area contributed by atoms with Crippen LogP contribution < -0.4 is 5.43 Å². The predicted molar refractivity (Wildman–Crippen MR) is 68.9 cm³/mol. The van der Waals surface area contributed by atoms with Gasteiger partial charge in [-0.3, -0.25) is 0 Å². The molecule has 2 rings (SSSR count). The minimum absolute atomic E-state index is 0.0162. The number of hydrogen-bond acceptors (Lipinski definition) is 3. The Morgan fingerprint density at radius 3 is 3.00 bits per heavy atom. The van der Waals surface area contributed by atoms with Crippen molar-refractivity contribution >= 4 is 0 Å². The standard InChI is InChI=1S/C14H21N3/c1-3-4-5-8-17-14(10-15)12-7-6-11(2)9-13(12)16-17/h6-7,9,12-14,16H,3-5,8H2,1-2H3. The summed E-state index contributed by atoms with van der Waals surface area (Å²) in [7, 11) is 0. The van der Waals surface area contributed by atoms with Gasteiger partial charge in [-0.2, -0.15) is 5.26 Å². The molecule has 1 fully saturated rings. The maximum absolute atomic E-state index is 9.31. The molecule has 2 aliphatic rings. The van der Waals surface area contributed by atoms with E-state index in [-0.39, 0.29) is 6.04 Å². The zero-order valence-electron chi connectivity index (χ0n) is 10.7. The van der Waals surface area contributed by atoms with Crippen molar-refractivity contribution in [3.63, 3.8) is 0 Å². The summed E-state index contributed by atoms with van der Waals surface area (Å²) in [6.07, 6.45) is 10.2. The molecular formula is C14H21N3. The van der Waals surface area contributed by atoms with Crippen LogP contribution in [0, 0.1) is 17.2 Å². The summed E-state index contributed by atoms with van der Waals surface area (Å²) in [5.41, 5.74) is 4.75. The Labute approximate surface area is 104 Å². The monoisotopic (exact) mass is 231 g/mol. The molecule has 3 unspecified atom stereocenters. The predicted octanol–water partition coefficient (Wildman–Crippen LogP) is 2.39. The zero-order chi connectivity index (χ0) is 12.3. The zero-order valence-corrected chi connectivity index (χ0v) is 10.7. The van der Waals surface area contributed by atoms with Crippen LogP contribution in [0.25, 0.3) is 0 Å². The van der Waals surface area contributed by atoms with Gasteiger partial charge in [-0.1, -0.05) is 43.6 Å². The van der Waals surface area contributed by atoms with E-state index in [1.807, 2.05) is 0 Å². The lowest BCUT2D eigenvalue weighted by Gasteiger charge is -2.19. The Balaban J connectivity index is 2.01. The summed E-state index contributed by atoms with van der Waals surface area (Å²) in [4.78, 5) is 0. The van der Waals surface area contributed by atoms with Crippen LogP contribution in [0.3, 0.4) is 0 Å². The molecule has 17 heavy (non-hydrogen) atoms. The third-order valence-corrected chi connectivity index (χ3v) is 3.59. The SMILES string of the molecule is CCCCCN1NC2C=C(C)C=CC2C1C#N. The van der Waals surface area contributed by atoms with Crippen molar-refractivity contribution in [1.82, 2.24) is 10.4 Å². The number of hydrogen-bond donors (Lipinski definition) is 1. The van der Waals surface area contributed by atoms with Gasteiger partial charge in [-0.25, -0.2) is 10.4 Å². The summed E-state index contributed by atoms with van der Waals surface area (Å²) < 4.78 is 0. The molecule has 0 bridgehead atoms. The number of fused-ring (bicyclic) bond motifs is 1. The highest BCUT2D eigenvalue weighted by Gasteiger charge is 2.39.